The van der Waals surface area contributed by atoms with E-state index in [0.717, 1.165) is 6.29 Å². The maximum atomic E-state index is 13.4. The quantitative estimate of drug-likeness (QED) is 0.149. The van der Waals surface area contributed by atoms with Crippen LogP contribution in [0.4, 0.5) is 0 Å². The number of carbonyl (C=O) groups is 5. The van der Waals surface area contributed by atoms with Crippen molar-refractivity contribution in [2.24, 2.45) is 11.8 Å². The predicted octanol–water partition coefficient (Wildman–Crippen LogP) is 3.99. The largest absolute Gasteiger partial charge is 0.462 e. The van der Waals surface area contributed by atoms with E-state index in [2.05, 4.69) is 0 Å². The minimum atomic E-state index is -1.39. The molecule has 0 aromatic rings. The first-order valence-electron chi connectivity index (χ1n) is 21.4. The van der Waals surface area contributed by atoms with E-state index in [1.54, 1.807) is 71.8 Å². The van der Waals surface area contributed by atoms with Crippen LogP contribution in [0.2, 0.25) is 0 Å². The molecule has 0 aromatic heterocycles. The van der Waals surface area contributed by atoms with Gasteiger partial charge in [-0.05, 0) is 66.1 Å². The van der Waals surface area contributed by atoms with Crippen molar-refractivity contribution in [1.82, 2.24) is 4.90 Å². The van der Waals surface area contributed by atoms with Crippen LogP contribution in [0, 0.1) is 11.8 Å². The smallest absolute Gasteiger partial charge is 0.309 e. The van der Waals surface area contributed by atoms with E-state index in [-0.39, 0.29) is 44.0 Å². The third-order valence-electron chi connectivity index (χ3n) is 11.6. The van der Waals surface area contributed by atoms with Gasteiger partial charge in [0.1, 0.15) is 48.5 Å². The zero-order chi connectivity index (χ0) is 45.6. The highest BCUT2D eigenvalue weighted by molar-refractivity contribution is 5.73. The van der Waals surface area contributed by atoms with Gasteiger partial charge < -0.3 is 62.2 Å². The van der Waals surface area contributed by atoms with Crippen molar-refractivity contribution < 1.29 is 76.4 Å². The Hall–Kier alpha value is -3.29. The van der Waals surface area contributed by atoms with E-state index in [0.29, 0.717) is 6.42 Å². The Bertz CT molecular complexity index is 1490. The Labute approximate surface area is 361 Å². The molecule has 348 valence electrons. The molecule has 2 saturated heterocycles. The van der Waals surface area contributed by atoms with Crippen molar-refractivity contribution in [3.8, 4) is 0 Å². The zero-order valence-electron chi connectivity index (χ0n) is 38.0. The molecule has 2 fully saturated rings. The van der Waals surface area contributed by atoms with Crippen molar-refractivity contribution in [3.63, 3.8) is 0 Å². The average Bonchev–Trinajstić information content (AvgIpc) is 3.19. The van der Waals surface area contributed by atoms with Gasteiger partial charge in [-0.2, -0.15) is 0 Å². The Kier molecular flexibility index (Phi) is 20.9. The lowest BCUT2D eigenvalue weighted by Gasteiger charge is -2.51. The maximum absolute atomic E-state index is 13.4. The summed E-state index contributed by atoms with van der Waals surface area (Å²) in [4.78, 5) is 65.2. The first kappa shape index (κ1) is 52.1. The van der Waals surface area contributed by atoms with Gasteiger partial charge in [-0.1, -0.05) is 39.0 Å². The van der Waals surface area contributed by atoms with E-state index in [1.165, 1.54) is 21.1 Å². The number of cyclic esters (lactones) is 1. The molecular formula is C44H71NO16. The molecule has 0 spiro atoms. The van der Waals surface area contributed by atoms with Crippen LogP contribution in [0.25, 0.3) is 0 Å². The van der Waals surface area contributed by atoms with Crippen molar-refractivity contribution >= 4 is 30.2 Å². The van der Waals surface area contributed by atoms with Crippen molar-refractivity contribution in [3.05, 3.63) is 24.3 Å². The zero-order valence-corrected chi connectivity index (χ0v) is 38.0. The Morgan fingerprint density at radius 1 is 0.934 bits per heavy atom. The lowest BCUT2D eigenvalue weighted by atomic mass is 9.82. The summed E-state index contributed by atoms with van der Waals surface area (Å²) < 4.78 is 61.0. The second-order valence-corrected chi connectivity index (χ2v) is 16.7. The predicted molar refractivity (Wildman–Crippen MR) is 220 cm³/mol. The highest BCUT2D eigenvalue weighted by atomic mass is 16.7. The second kappa shape index (κ2) is 24.5. The number of carbonyl (C=O) groups excluding carboxylic acids is 5. The third kappa shape index (κ3) is 14.6. The first-order valence-corrected chi connectivity index (χ1v) is 21.4. The summed E-state index contributed by atoms with van der Waals surface area (Å²) >= 11 is 0. The van der Waals surface area contributed by atoms with Crippen LogP contribution in [0.15, 0.2) is 24.3 Å². The molecule has 3 aliphatic heterocycles. The topological polar surface area (TPSA) is 201 Å². The van der Waals surface area contributed by atoms with E-state index >= 15 is 0 Å². The Morgan fingerprint density at radius 3 is 2.20 bits per heavy atom. The molecule has 0 saturated carbocycles. The van der Waals surface area contributed by atoms with Gasteiger partial charge in [0, 0.05) is 53.2 Å². The van der Waals surface area contributed by atoms with Crippen molar-refractivity contribution in [1.29, 1.82) is 0 Å². The molecule has 0 aliphatic carbocycles. The summed E-state index contributed by atoms with van der Waals surface area (Å²) in [6.07, 6.45) is -3.04. The summed E-state index contributed by atoms with van der Waals surface area (Å²) in [6.45, 7) is 13.6. The molecular weight excluding hydrogens is 798 g/mol. The Morgan fingerprint density at radius 2 is 1.61 bits per heavy atom. The third-order valence-corrected chi connectivity index (χ3v) is 11.6. The van der Waals surface area contributed by atoms with Crippen molar-refractivity contribution in [2.75, 3.05) is 28.3 Å². The summed E-state index contributed by atoms with van der Waals surface area (Å²) in [5.41, 5.74) is -0.961. The van der Waals surface area contributed by atoms with Crippen LogP contribution in [0.3, 0.4) is 0 Å². The molecule has 1 N–H and O–H groups in total. The summed E-state index contributed by atoms with van der Waals surface area (Å²) in [7, 11) is 6.45. The minimum Gasteiger partial charge on any atom is -0.462 e. The molecule has 0 amide bonds. The van der Waals surface area contributed by atoms with Gasteiger partial charge in [0.25, 0.3) is 0 Å². The van der Waals surface area contributed by atoms with Crippen LogP contribution in [0.1, 0.15) is 100 Å². The fourth-order valence-electron chi connectivity index (χ4n) is 8.34. The summed E-state index contributed by atoms with van der Waals surface area (Å²) in [5, 5.41) is 12.2. The fourth-order valence-corrected chi connectivity index (χ4v) is 8.34. The lowest BCUT2D eigenvalue weighted by molar-refractivity contribution is -0.345. The van der Waals surface area contributed by atoms with E-state index < -0.39 is 116 Å². The van der Waals surface area contributed by atoms with Gasteiger partial charge in [0.15, 0.2) is 18.7 Å². The van der Waals surface area contributed by atoms with Crippen LogP contribution in [-0.4, -0.2) is 154 Å². The molecule has 0 radical (unpaired) electrons. The number of hydrogen-bond acceptors (Lipinski definition) is 17. The lowest BCUT2D eigenvalue weighted by Crippen LogP contribution is -2.66. The number of methoxy groups -OCH3 is 2. The minimum absolute atomic E-state index is 0.00860. The van der Waals surface area contributed by atoms with Gasteiger partial charge in [0.05, 0.1) is 30.8 Å². The van der Waals surface area contributed by atoms with Crippen LogP contribution < -0.4 is 0 Å². The molecule has 0 unspecified atom stereocenters. The van der Waals surface area contributed by atoms with Crippen LogP contribution >= 0.6 is 0 Å². The van der Waals surface area contributed by atoms with Gasteiger partial charge >= 0.3 is 23.9 Å². The molecule has 61 heavy (non-hydrogen) atoms. The number of aliphatic hydroxyl groups is 1. The molecule has 16 atom stereocenters. The number of esters is 4. The second-order valence-electron chi connectivity index (χ2n) is 16.7. The maximum Gasteiger partial charge on any atom is 0.309 e. The molecule has 3 aliphatic rings. The van der Waals surface area contributed by atoms with Crippen LogP contribution in [-0.2, 0) is 71.3 Å². The van der Waals surface area contributed by atoms with Gasteiger partial charge in [-0.25, -0.2) is 0 Å². The highest BCUT2D eigenvalue weighted by Gasteiger charge is 2.53. The molecule has 17 nitrogen and oxygen atoms in total. The summed E-state index contributed by atoms with van der Waals surface area (Å²) in [5.74, 6) is -3.26. The number of likely N-dealkylation sites (N-methyl/N-ethyl adjacent to an activating group) is 1. The molecule has 3 heterocycles. The van der Waals surface area contributed by atoms with E-state index in [4.69, 9.17) is 47.4 Å². The Balaban J connectivity index is 2.07. The van der Waals surface area contributed by atoms with E-state index in [9.17, 15) is 29.1 Å². The van der Waals surface area contributed by atoms with E-state index in [1.807, 2.05) is 19.9 Å². The number of aldehydes is 1. The highest BCUT2D eigenvalue weighted by Crippen LogP contribution is 2.39. The summed E-state index contributed by atoms with van der Waals surface area (Å²) in [6, 6.07) is -0.760. The number of allylic oxidation sites excluding steroid dienone is 2. The first-order chi connectivity index (χ1) is 28.8. The van der Waals surface area contributed by atoms with Gasteiger partial charge in [-0.3, -0.25) is 19.2 Å². The normalized spacial score (nSPS) is 39.0. The number of aliphatic hydroxyl groups excluding tert-OH is 1. The molecule has 3 rings (SSSR count). The fraction of sp³-hybridized carbons (Fsp3) is 0.795. The SMILES string of the molecule is CCC(=O)O[C@@H]1CC(=O)O[C@H](C)C/C=C/C=C/[C@H](OC(C)=O)[C@H](C)C[C@H](CC=O)[C@H](O[C@@H]2O[C@H](C)[C@@H](O[C@H]3C[C@@](C)(OC)[C@@H](OC(=O)CC)[C@H](C)O3)[C@H](N(C)C)[C@H]2O)[C@H]1OC. The number of nitrogens with zero attached hydrogens (tertiary/aromatic N) is 1. The number of hydrogen-bond donors (Lipinski definition) is 1. The number of ether oxygens (including phenoxy) is 10. The van der Waals surface area contributed by atoms with Gasteiger partial charge in [-0.15, -0.1) is 0 Å². The monoisotopic (exact) mass is 869 g/mol. The number of rotatable bonds is 14. The van der Waals surface area contributed by atoms with Gasteiger partial charge in [0.2, 0.25) is 0 Å². The molecule has 0 aromatic carbocycles. The molecule has 0 bridgehead atoms. The molecule has 17 heteroatoms. The van der Waals surface area contributed by atoms with Crippen molar-refractivity contribution in [2.45, 2.75) is 186 Å². The standard InChI is InChI=1S/C44H71NO16/c1-13-33(48)58-32-23-35(50)54-26(4)18-16-15-17-19-31(57-29(7)47)25(3)22-30(20-21-46)40(41(32)52-11)61-43-38(51)37(45(9)10)39(27(5)56-43)60-36-24-44(8,53-12)42(28(6)55-36)59-34(49)14-2/h15-17,19,21,25-28,30-32,36-43,51H,13-14,18,20,22-24H2,1-12H3/b16-15+,19-17+/t25-,26-,27-,28+,30+,31+,32-,36+,37-,38-,39-,40+,41+,42+,43+,44-/m1/s1. The van der Waals surface area contributed by atoms with Crippen LogP contribution in [0.5, 0.6) is 0 Å². The average molecular weight is 870 g/mol.